The van der Waals surface area contributed by atoms with Gasteiger partial charge in [-0.3, -0.25) is 0 Å². The molecule has 0 spiro atoms. The minimum absolute atomic E-state index is 0. The summed E-state index contributed by atoms with van der Waals surface area (Å²) in [6.45, 7) is 5.68. The van der Waals surface area contributed by atoms with E-state index in [1.165, 1.54) is 21.5 Å². The quantitative estimate of drug-likeness (QED) is 0.115. The number of halogens is 4. The van der Waals surface area contributed by atoms with E-state index >= 15 is 0 Å². The molecule has 4 aromatic rings. The number of hydrogen-bond acceptors (Lipinski definition) is 0. The van der Waals surface area contributed by atoms with E-state index in [0.717, 1.165) is 0 Å². The molecule has 0 N–H and O–H groups in total. The van der Waals surface area contributed by atoms with Crippen molar-refractivity contribution in [3.05, 3.63) is 127 Å². The molecule has 0 aliphatic rings. The minimum Gasteiger partial charge on any atom is -0.147 e. The molecule has 0 fully saturated rings. The molecule has 0 saturated carbocycles. The number of benzene rings is 4. The summed E-state index contributed by atoms with van der Waals surface area (Å²) < 4.78 is 0. The molecule has 35 heavy (non-hydrogen) atoms. The zero-order valence-electron chi connectivity index (χ0n) is 19.9. The first kappa shape index (κ1) is 34.5. The summed E-state index contributed by atoms with van der Waals surface area (Å²) in [5, 5.41) is 4.19. The first-order valence-corrected chi connectivity index (χ1v) is 20.0. The van der Waals surface area contributed by atoms with E-state index in [2.05, 4.69) is 110 Å². The molecule has 0 amide bonds. The molecule has 4 aromatic carbocycles. The van der Waals surface area contributed by atoms with Gasteiger partial charge in [0.15, 0.2) is 0 Å². The number of aryl methyl sites for hydroxylation is 1. The van der Waals surface area contributed by atoms with Crippen molar-refractivity contribution in [3.8, 4) is 0 Å². The second-order valence-electron chi connectivity index (χ2n) is 6.90. The molecule has 0 unspecified atom stereocenters. The third-order valence-corrected chi connectivity index (χ3v) is 6.43. The largest absolute Gasteiger partial charge is 0.270 e. The fourth-order valence-corrected chi connectivity index (χ4v) is 5.02. The fourth-order valence-electron chi connectivity index (χ4n) is 2.71. The zero-order chi connectivity index (χ0) is 25.2. The van der Waals surface area contributed by atoms with E-state index in [9.17, 15) is 0 Å². The maximum atomic E-state index is 5.14. The van der Waals surface area contributed by atoms with Gasteiger partial charge in [-0.25, -0.2) is 0 Å². The standard InChI is InChI=1S/C18H15P.C7H8.2CH3Cl2Si.Ru/c1-4-10-16(11-5-1)19(17-12-6-2-7-13-17)18-14-8-3-9-15-18;1-7-5-3-2-4-6-7;2*1-4(2)3;/h1-15H;2-6H,1H3;2*1H3;. The van der Waals surface area contributed by atoms with Crippen molar-refractivity contribution < 1.29 is 19.5 Å². The van der Waals surface area contributed by atoms with Gasteiger partial charge in [0, 0.05) is 19.5 Å². The van der Waals surface area contributed by atoms with Gasteiger partial charge in [0.25, 0.3) is 14.8 Å². The van der Waals surface area contributed by atoms with Crippen LogP contribution in [0.2, 0.25) is 13.1 Å². The van der Waals surface area contributed by atoms with Crippen LogP contribution in [0, 0.1) is 6.92 Å². The van der Waals surface area contributed by atoms with Crippen LogP contribution < -0.4 is 15.9 Å². The Morgan fingerprint density at radius 3 is 0.829 bits per heavy atom. The average molecular weight is 684 g/mol. The van der Waals surface area contributed by atoms with Crippen LogP contribution in [0.25, 0.3) is 0 Å². The van der Waals surface area contributed by atoms with Gasteiger partial charge in [-0.15, -0.1) is 44.3 Å². The normalized spacial score (nSPS) is 9.54. The number of rotatable bonds is 3. The van der Waals surface area contributed by atoms with E-state index in [1.807, 2.05) is 18.2 Å². The monoisotopic (exact) mass is 682 g/mol. The Kier molecular flexibility index (Phi) is 21.3. The van der Waals surface area contributed by atoms with Crippen LogP contribution in [-0.2, 0) is 19.5 Å². The summed E-state index contributed by atoms with van der Waals surface area (Å²) in [6, 6.07) is 42.6. The van der Waals surface area contributed by atoms with Crippen molar-refractivity contribution in [3.63, 3.8) is 0 Å². The second-order valence-corrected chi connectivity index (χ2v) is 18.9. The van der Waals surface area contributed by atoms with Gasteiger partial charge in [-0.1, -0.05) is 127 Å². The van der Waals surface area contributed by atoms with E-state index < -0.39 is 22.8 Å². The maximum absolute atomic E-state index is 5.14. The van der Waals surface area contributed by atoms with Crippen LogP contribution in [0.15, 0.2) is 121 Å². The van der Waals surface area contributed by atoms with Gasteiger partial charge >= 0.3 is 0 Å². The van der Waals surface area contributed by atoms with E-state index in [1.54, 1.807) is 13.1 Å². The topological polar surface area (TPSA) is 0 Å². The number of hydrogen-bond donors (Lipinski definition) is 0. The molecule has 0 aliphatic heterocycles. The van der Waals surface area contributed by atoms with Gasteiger partial charge in [-0.2, -0.15) is 0 Å². The molecule has 0 heterocycles. The van der Waals surface area contributed by atoms with Gasteiger partial charge in [0.1, 0.15) is 0 Å². The van der Waals surface area contributed by atoms with Crippen molar-refractivity contribution >= 4 is 83.0 Å². The zero-order valence-corrected chi connectivity index (χ0v) is 27.5. The van der Waals surface area contributed by atoms with Crippen LogP contribution in [0.5, 0.6) is 0 Å². The molecule has 186 valence electrons. The molecule has 0 saturated heterocycles. The Balaban J connectivity index is 0.000000597. The smallest absolute Gasteiger partial charge is 0.147 e. The molecule has 0 bridgehead atoms. The maximum Gasteiger partial charge on any atom is 0.270 e. The van der Waals surface area contributed by atoms with Crippen molar-refractivity contribution in [2.24, 2.45) is 0 Å². The van der Waals surface area contributed by atoms with Crippen LogP contribution in [0.1, 0.15) is 5.56 Å². The Morgan fingerprint density at radius 1 is 0.457 bits per heavy atom. The average Bonchev–Trinajstić information content (AvgIpc) is 2.82. The van der Waals surface area contributed by atoms with Crippen LogP contribution in [0.4, 0.5) is 0 Å². The van der Waals surface area contributed by atoms with Crippen LogP contribution in [0.3, 0.4) is 0 Å². The predicted octanol–water partition coefficient (Wildman–Crippen LogP) is 8.60. The van der Waals surface area contributed by atoms with Crippen molar-refractivity contribution in [2.75, 3.05) is 0 Å². The fraction of sp³-hybridized carbons (Fsp3) is 0.111. The summed E-state index contributed by atoms with van der Waals surface area (Å²) in [4.78, 5) is 0. The molecule has 0 aromatic heterocycles. The van der Waals surface area contributed by atoms with Gasteiger partial charge in [0.2, 0.25) is 0 Å². The van der Waals surface area contributed by atoms with Crippen molar-refractivity contribution in [1.82, 2.24) is 0 Å². The van der Waals surface area contributed by atoms with Crippen molar-refractivity contribution in [2.45, 2.75) is 20.0 Å². The van der Waals surface area contributed by atoms with E-state index in [-0.39, 0.29) is 19.5 Å². The first-order chi connectivity index (χ1) is 16.3. The Morgan fingerprint density at radius 2 is 0.657 bits per heavy atom. The molecular formula is C27H29Cl4PRuSi2. The third kappa shape index (κ3) is 17.6. The molecule has 0 nitrogen and oxygen atoms in total. The predicted molar refractivity (Wildman–Crippen MR) is 163 cm³/mol. The van der Waals surface area contributed by atoms with E-state index in [0.29, 0.717) is 0 Å². The summed E-state index contributed by atoms with van der Waals surface area (Å²) >= 11 is 20.6. The van der Waals surface area contributed by atoms with Gasteiger partial charge in [0.05, 0.1) is 0 Å². The molecule has 4 rings (SSSR count). The molecular weight excluding hydrogens is 654 g/mol. The SMILES string of the molecule is C[Si](Cl)Cl.C[Si](Cl)Cl.Cc1ccccc1.[Ru].c1ccc(P(c2ccccc2)c2ccccc2)cc1. The minimum atomic E-state index is -0.935. The molecule has 0 aliphatic carbocycles. The summed E-state index contributed by atoms with van der Waals surface area (Å²) in [7, 11) is -2.32. The van der Waals surface area contributed by atoms with E-state index in [4.69, 9.17) is 44.3 Å². The van der Waals surface area contributed by atoms with Crippen LogP contribution >= 0.6 is 52.2 Å². The third-order valence-electron chi connectivity index (χ3n) is 3.98. The summed E-state index contributed by atoms with van der Waals surface area (Å²) in [5.41, 5.74) is 1.32. The Labute approximate surface area is 247 Å². The van der Waals surface area contributed by atoms with Gasteiger partial charge < -0.3 is 0 Å². The molecule has 8 heteroatoms. The summed E-state index contributed by atoms with van der Waals surface area (Å²) in [6.07, 6.45) is 0. The Hall–Kier alpha value is -0.473. The molecule has 0 atom stereocenters. The van der Waals surface area contributed by atoms with Crippen LogP contribution in [-0.4, -0.2) is 14.8 Å². The van der Waals surface area contributed by atoms with Crippen molar-refractivity contribution in [1.29, 1.82) is 0 Å². The second kappa shape index (κ2) is 21.6. The van der Waals surface area contributed by atoms with Gasteiger partial charge in [-0.05, 0) is 43.9 Å². The Bertz CT molecular complexity index is 891. The first-order valence-electron chi connectivity index (χ1n) is 10.6. The summed E-state index contributed by atoms with van der Waals surface area (Å²) in [5.74, 6) is 0. The molecule has 2 radical (unpaired) electrons.